The number of aliphatic hydroxyl groups is 1. The molecule has 19 heavy (non-hydrogen) atoms. The fraction of sp³-hybridized carbons (Fsp3) is 0.231. The SMILES string of the molecule is CN1C(=O)C(O)=C(C(=O)O)NC1Cc1ccccc1. The van der Waals surface area contributed by atoms with Gasteiger partial charge in [-0.05, 0) is 5.56 Å². The lowest BCUT2D eigenvalue weighted by atomic mass is 10.1. The van der Waals surface area contributed by atoms with E-state index in [1.54, 1.807) is 0 Å². The lowest BCUT2D eigenvalue weighted by molar-refractivity contribution is -0.139. The molecule has 1 heterocycles. The molecule has 1 aromatic carbocycles. The van der Waals surface area contributed by atoms with Crippen LogP contribution in [0.2, 0.25) is 0 Å². The Morgan fingerprint density at radius 1 is 1.37 bits per heavy atom. The van der Waals surface area contributed by atoms with Crippen LogP contribution >= 0.6 is 0 Å². The van der Waals surface area contributed by atoms with Gasteiger partial charge in [0.05, 0.1) is 0 Å². The minimum absolute atomic E-state index is 0.452. The van der Waals surface area contributed by atoms with E-state index in [9.17, 15) is 14.7 Å². The molecule has 0 radical (unpaired) electrons. The quantitative estimate of drug-likeness (QED) is 0.736. The smallest absolute Gasteiger partial charge is 0.356 e. The van der Waals surface area contributed by atoms with Gasteiger partial charge in [0.15, 0.2) is 5.70 Å². The molecule has 0 bridgehead atoms. The van der Waals surface area contributed by atoms with Crippen molar-refractivity contribution in [1.29, 1.82) is 0 Å². The van der Waals surface area contributed by atoms with Gasteiger partial charge in [-0.3, -0.25) is 4.79 Å². The van der Waals surface area contributed by atoms with Crippen molar-refractivity contribution in [2.75, 3.05) is 7.05 Å². The Morgan fingerprint density at radius 2 is 2.00 bits per heavy atom. The topological polar surface area (TPSA) is 89.9 Å². The van der Waals surface area contributed by atoms with Gasteiger partial charge in [0.2, 0.25) is 5.76 Å². The van der Waals surface area contributed by atoms with Crippen LogP contribution in [0.1, 0.15) is 5.56 Å². The zero-order valence-corrected chi connectivity index (χ0v) is 10.3. The molecule has 0 saturated heterocycles. The van der Waals surface area contributed by atoms with E-state index < -0.39 is 29.5 Å². The molecule has 1 aliphatic rings. The van der Waals surface area contributed by atoms with Gasteiger partial charge in [-0.15, -0.1) is 0 Å². The molecule has 6 heteroatoms. The Morgan fingerprint density at radius 3 is 2.58 bits per heavy atom. The zero-order valence-electron chi connectivity index (χ0n) is 10.3. The Hall–Kier alpha value is -2.50. The number of rotatable bonds is 3. The number of carbonyl (C=O) groups is 2. The first-order valence-corrected chi connectivity index (χ1v) is 5.75. The van der Waals surface area contributed by atoms with E-state index in [-0.39, 0.29) is 0 Å². The number of likely N-dealkylation sites (N-methyl/N-ethyl adjacent to an activating group) is 1. The van der Waals surface area contributed by atoms with Gasteiger partial charge in [-0.1, -0.05) is 30.3 Å². The van der Waals surface area contributed by atoms with E-state index in [0.29, 0.717) is 6.42 Å². The molecule has 0 aliphatic carbocycles. The minimum Gasteiger partial charge on any atom is -0.501 e. The Labute approximate surface area is 110 Å². The van der Waals surface area contributed by atoms with E-state index in [2.05, 4.69) is 5.32 Å². The van der Waals surface area contributed by atoms with Crippen LogP contribution in [0.4, 0.5) is 0 Å². The summed E-state index contributed by atoms with van der Waals surface area (Å²) < 4.78 is 0. The summed E-state index contributed by atoms with van der Waals surface area (Å²) in [6.45, 7) is 0. The third kappa shape index (κ3) is 2.52. The van der Waals surface area contributed by atoms with Crippen LogP contribution in [0.3, 0.4) is 0 Å². The number of carboxylic acids is 1. The van der Waals surface area contributed by atoms with Crippen LogP contribution < -0.4 is 5.32 Å². The summed E-state index contributed by atoms with van der Waals surface area (Å²) in [5, 5.41) is 21.1. The summed E-state index contributed by atoms with van der Waals surface area (Å²) in [5.74, 6) is -2.81. The number of nitrogens with one attached hydrogen (secondary N) is 1. The van der Waals surface area contributed by atoms with Gasteiger partial charge in [0.1, 0.15) is 6.17 Å². The number of benzene rings is 1. The van der Waals surface area contributed by atoms with Crippen molar-refractivity contribution in [3.8, 4) is 0 Å². The number of hydrogen-bond acceptors (Lipinski definition) is 4. The van der Waals surface area contributed by atoms with Crippen LogP contribution in [0.25, 0.3) is 0 Å². The van der Waals surface area contributed by atoms with Crippen molar-refractivity contribution in [1.82, 2.24) is 10.2 Å². The highest BCUT2D eigenvalue weighted by molar-refractivity contribution is 6.01. The molecule has 0 aromatic heterocycles. The summed E-state index contributed by atoms with van der Waals surface area (Å²) in [6.07, 6.45) is -0.0513. The number of amides is 1. The molecule has 1 atom stereocenters. The maximum atomic E-state index is 11.8. The van der Waals surface area contributed by atoms with Crippen LogP contribution in [0, 0.1) is 0 Å². The fourth-order valence-corrected chi connectivity index (χ4v) is 1.94. The van der Waals surface area contributed by atoms with Crippen LogP contribution in [-0.2, 0) is 16.0 Å². The summed E-state index contributed by atoms with van der Waals surface area (Å²) in [4.78, 5) is 24.0. The van der Waals surface area contributed by atoms with Crippen LogP contribution in [0.15, 0.2) is 41.8 Å². The minimum atomic E-state index is -1.35. The number of aliphatic hydroxyl groups excluding tert-OH is 1. The van der Waals surface area contributed by atoms with E-state index in [1.807, 2.05) is 30.3 Å². The van der Waals surface area contributed by atoms with Crippen molar-refractivity contribution >= 4 is 11.9 Å². The number of carboxylic acid groups (broad SMARTS) is 1. The fourth-order valence-electron chi connectivity index (χ4n) is 1.94. The average molecular weight is 262 g/mol. The summed E-state index contributed by atoms with van der Waals surface area (Å²) in [6, 6.07) is 9.38. The highest BCUT2D eigenvalue weighted by Crippen LogP contribution is 2.16. The van der Waals surface area contributed by atoms with Crippen molar-refractivity contribution in [2.45, 2.75) is 12.6 Å². The summed E-state index contributed by atoms with van der Waals surface area (Å²) in [7, 11) is 1.51. The third-order valence-corrected chi connectivity index (χ3v) is 3.02. The van der Waals surface area contributed by atoms with Crippen molar-refractivity contribution in [3.63, 3.8) is 0 Å². The van der Waals surface area contributed by atoms with Gasteiger partial charge in [-0.2, -0.15) is 0 Å². The second-order valence-corrected chi connectivity index (χ2v) is 4.29. The van der Waals surface area contributed by atoms with Gasteiger partial charge in [0, 0.05) is 13.5 Å². The van der Waals surface area contributed by atoms with Crippen molar-refractivity contribution in [2.24, 2.45) is 0 Å². The highest BCUT2D eigenvalue weighted by atomic mass is 16.4. The Bertz CT molecular complexity index is 539. The lowest BCUT2D eigenvalue weighted by Gasteiger charge is -2.33. The number of aliphatic carboxylic acids is 1. The van der Waals surface area contributed by atoms with Crippen molar-refractivity contribution in [3.05, 3.63) is 47.4 Å². The monoisotopic (exact) mass is 262 g/mol. The number of hydrogen-bond donors (Lipinski definition) is 3. The first-order chi connectivity index (χ1) is 9.00. The molecule has 6 nitrogen and oxygen atoms in total. The molecule has 2 rings (SSSR count). The molecule has 0 saturated carbocycles. The first kappa shape index (κ1) is 12.9. The predicted octanol–water partition coefficient (Wildman–Crippen LogP) is 0.471. The highest BCUT2D eigenvalue weighted by Gasteiger charge is 2.34. The lowest BCUT2D eigenvalue weighted by Crippen LogP contribution is -2.53. The third-order valence-electron chi connectivity index (χ3n) is 3.02. The molecule has 0 fully saturated rings. The second kappa shape index (κ2) is 5.01. The van der Waals surface area contributed by atoms with Crippen LogP contribution in [-0.4, -0.2) is 40.2 Å². The van der Waals surface area contributed by atoms with E-state index >= 15 is 0 Å². The number of nitrogens with zero attached hydrogens (tertiary/aromatic N) is 1. The molecule has 0 spiro atoms. The maximum Gasteiger partial charge on any atom is 0.356 e. The summed E-state index contributed by atoms with van der Waals surface area (Å²) in [5.41, 5.74) is 0.509. The largest absolute Gasteiger partial charge is 0.501 e. The van der Waals surface area contributed by atoms with E-state index in [0.717, 1.165) is 5.56 Å². The molecule has 3 N–H and O–H groups in total. The van der Waals surface area contributed by atoms with Gasteiger partial charge >= 0.3 is 5.97 Å². The van der Waals surface area contributed by atoms with Crippen molar-refractivity contribution < 1.29 is 19.8 Å². The van der Waals surface area contributed by atoms with E-state index in [1.165, 1.54) is 11.9 Å². The molecule has 1 aliphatic heterocycles. The molecule has 1 amide bonds. The molecule has 1 unspecified atom stereocenters. The second-order valence-electron chi connectivity index (χ2n) is 4.29. The molecular weight excluding hydrogens is 248 g/mol. The number of carbonyl (C=O) groups excluding carboxylic acids is 1. The Kier molecular flexibility index (Phi) is 3.41. The molecular formula is C13H14N2O4. The van der Waals surface area contributed by atoms with Gasteiger partial charge < -0.3 is 20.4 Å². The first-order valence-electron chi connectivity index (χ1n) is 5.75. The van der Waals surface area contributed by atoms with E-state index in [4.69, 9.17) is 5.11 Å². The zero-order chi connectivity index (χ0) is 14.0. The van der Waals surface area contributed by atoms with Gasteiger partial charge in [-0.25, -0.2) is 4.79 Å². The predicted molar refractivity (Wildman–Crippen MR) is 67.1 cm³/mol. The summed E-state index contributed by atoms with van der Waals surface area (Å²) >= 11 is 0. The Balaban J connectivity index is 2.24. The maximum absolute atomic E-state index is 11.8. The molecule has 1 aromatic rings. The standard InChI is InChI=1S/C13H14N2O4/c1-15-9(7-8-5-3-2-4-6-8)14-10(13(18)19)11(16)12(15)17/h2-6,9,14,16H,7H2,1H3,(H,18,19). The van der Waals surface area contributed by atoms with Crippen LogP contribution in [0.5, 0.6) is 0 Å². The normalized spacial score (nSPS) is 19.3. The average Bonchev–Trinajstić information content (AvgIpc) is 2.40. The molecule has 100 valence electrons. The van der Waals surface area contributed by atoms with Gasteiger partial charge in [0.25, 0.3) is 5.91 Å².